The third-order valence-electron chi connectivity index (χ3n) is 4.64. The lowest BCUT2D eigenvalue weighted by Crippen LogP contribution is -2.43. The Hall–Kier alpha value is -3.42. The van der Waals surface area contributed by atoms with Crippen LogP contribution in [0.15, 0.2) is 55.0 Å². The van der Waals surface area contributed by atoms with Crippen LogP contribution < -0.4 is 9.47 Å². The van der Waals surface area contributed by atoms with Crippen molar-refractivity contribution in [2.75, 3.05) is 20.2 Å². The SMILES string of the molecule is CC(C(=O)N(C)CC1COc2ccccc2O1)n1cc(-c2cccnc2)nn1. The van der Waals surface area contributed by atoms with Crippen LogP contribution in [-0.4, -0.2) is 57.1 Å². The van der Waals surface area contributed by atoms with Crippen LogP contribution in [0.4, 0.5) is 0 Å². The molecule has 28 heavy (non-hydrogen) atoms. The molecule has 2 atom stereocenters. The molecule has 1 aliphatic rings. The second-order valence-electron chi connectivity index (χ2n) is 6.72. The van der Waals surface area contributed by atoms with Gasteiger partial charge in [-0.2, -0.15) is 0 Å². The Morgan fingerprint density at radius 3 is 2.89 bits per heavy atom. The molecule has 0 spiro atoms. The molecule has 8 heteroatoms. The average molecular weight is 379 g/mol. The van der Waals surface area contributed by atoms with Crippen LogP contribution in [0.2, 0.25) is 0 Å². The highest BCUT2D eigenvalue weighted by Gasteiger charge is 2.27. The summed E-state index contributed by atoms with van der Waals surface area (Å²) >= 11 is 0. The van der Waals surface area contributed by atoms with Gasteiger partial charge in [0.15, 0.2) is 17.6 Å². The molecule has 144 valence electrons. The molecule has 4 rings (SSSR count). The normalized spacial score (nSPS) is 16.4. The van der Waals surface area contributed by atoms with Gasteiger partial charge in [0.1, 0.15) is 18.3 Å². The van der Waals surface area contributed by atoms with Crippen LogP contribution in [0.5, 0.6) is 11.5 Å². The number of hydrogen-bond acceptors (Lipinski definition) is 6. The number of hydrogen-bond donors (Lipinski definition) is 0. The highest BCUT2D eigenvalue weighted by molar-refractivity contribution is 5.79. The van der Waals surface area contributed by atoms with Gasteiger partial charge in [-0.15, -0.1) is 5.10 Å². The number of likely N-dealkylation sites (N-methyl/N-ethyl adjacent to an activating group) is 1. The van der Waals surface area contributed by atoms with Crippen LogP contribution in [0.3, 0.4) is 0 Å². The average Bonchev–Trinajstić information content (AvgIpc) is 3.23. The first-order chi connectivity index (χ1) is 13.6. The zero-order valence-electron chi connectivity index (χ0n) is 15.7. The van der Waals surface area contributed by atoms with Gasteiger partial charge < -0.3 is 14.4 Å². The number of nitrogens with zero attached hydrogens (tertiary/aromatic N) is 5. The second kappa shape index (κ2) is 7.67. The van der Waals surface area contributed by atoms with E-state index in [1.807, 2.05) is 36.4 Å². The summed E-state index contributed by atoms with van der Waals surface area (Å²) in [7, 11) is 1.75. The molecular weight excluding hydrogens is 358 g/mol. The van der Waals surface area contributed by atoms with E-state index in [0.29, 0.717) is 24.6 Å². The van der Waals surface area contributed by atoms with Crippen LogP contribution in [0.1, 0.15) is 13.0 Å². The van der Waals surface area contributed by atoms with Crippen molar-refractivity contribution in [2.24, 2.45) is 0 Å². The molecule has 0 radical (unpaired) electrons. The van der Waals surface area contributed by atoms with Crippen LogP contribution >= 0.6 is 0 Å². The van der Waals surface area contributed by atoms with Crippen molar-refractivity contribution in [3.05, 3.63) is 55.0 Å². The summed E-state index contributed by atoms with van der Waals surface area (Å²) in [4.78, 5) is 18.6. The van der Waals surface area contributed by atoms with E-state index >= 15 is 0 Å². The lowest BCUT2D eigenvalue weighted by Gasteiger charge is -2.30. The first-order valence-electron chi connectivity index (χ1n) is 9.07. The van der Waals surface area contributed by atoms with E-state index in [-0.39, 0.29) is 12.0 Å². The minimum Gasteiger partial charge on any atom is -0.486 e. The molecule has 8 nitrogen and oxygen atoms in total. The fourth-order valence-corrected chi connectivity index (χ4v) is 3.09. The van der Waals surface area contributed by atoms with Gasteiger partial charge in [0, 0.05) is 25.0 Å². The van der Waals surface area contributed by atoms with E-state index < -0.39 is 6.04 Å². The largest absolute Gasteiger partial charge is 0.486 e. The van der Waals surface area contributed by atoms with E-state index in [4.69, 9.17) is 9.47 Å². The maximum Gasteiger partial charge on any atom is 0.247 e. The van der Waals surface area contributed by atoms with Crippen molar-refractivity contribution < 1.29 is 14.3 Å². The molecular formula is C20H21N5O3. The van der Waals surface area contributed by atoms with Crippen LogP contribution in [0.25, 0.3) is 11.3 Å². The number of para-hydroxylation sites is 2. The molecule has 3 aromatic rings. The number of pyridine rings is 1. The summed E-state index contributed by atoms with van der Waals surface area (Å²) in [5, 5.41) is 8.26. The number of rotatable bonds is 5. The van der Waals surface area contributed by atoms with Crippen molar-refractivity contribution >= 4 is 5.91 Å². The van der Waals surface area contributed by atoms with Crippen molar-refractivity contribution in [1.82, 2.24) is 24.9 Å². The summed E-state index contributed by atoms with van der Waals surface area (Å²) in [6.07, 6.45) is 4.94. The minimum atomic E-state index is -0.486. The number of carbonyl (C=O) groups is 1. The third kappa shape index (κ3) is 3.66. The molecule has 3 heterocycles. The molecule has 1 aliphatic heterocycles. The van der Waals surface area contributed by atoms with E-state index in [2.05, 4.69) is 15.3 Å². The quantitative estimate of drug-likeness (QED) is 0.676. The van der Waals surface area contributed by atoms with Crippen molar-refractivity contribution in [3.63, 3.8) is 0 Å². The lowest BCUT2D eigenvalue weighted by atomic mass is 10.2. The molecule has 0 saturated heterocycles. The summed E-state index contributed by atoms with van der Waals surface area (Å²) in [6.45, 7) is 2.62. The fraction of sp³-hybridized carbons (Fsp3) is 0.300. The van der Waals surface area contributed by atoms with E-state index in [0.717, 1.165) is 11.3 Å². The third-order valence-corrected chi connectivity index (χ3v) is 4.64. The minimum absolute atomic E-state index is 0.0786. The smallest absolute Gasteiger partial charge is 0.247 e. The fourth-order valence-electron chi connectivity index (χ4n) is 3.09. The Labute approximate surface area is 162 Å². The first-order valence-corrected chi connectivity index (χ1v) is 9.07. The summed E-state index contributed by atoms with van der Waals surface area (Å²) in [5.74, 6) is 1.35. The Kier molecular flexibility index (Phi) is 4.92. The monoisotopic (exact) mass is 379 g/mol. The molecule has 0 fully saturated rings. The van der Waals surface area contributed by atoms with Gasteiger partial charge in [-0.05, 0) is 31.2 Å². The van der Waals surface area contributed by atoms with E-state index in [1.54, 1.807) is 42.1 Å². The molecule has 1 amide bonds. The molecule has 0 N–H and O–H groups in total. The molecule has 1 aromatic carbocycles. The summed E-state index contributed by atoms with van der Waals surface area (Å²) < 4.78 is 13.2. The Bertz CT molecular complexity index is 959. The van der Waals surface area contributed by atoms with E-state index in [9.17, 15) is 4.79 Å². The van der Waals surface area contributed by atoms with Gasteiger partial charge in [0.05, 0.1) is 12.7 Å². The number of fused-ring (bicyclic) bond motifs is 1. The van der Waals surface area contributed by atoms with Crippen molar-refractivity contribution in [2.45, 2.75) is 19.1 Å². The molecule has 0 aliphatic carbocycles. The Balaban J connectivity index is 1.39. The number of ether oxygens (including phenoxy) is 2. The number of aromatic nitrogens is 4. The second-order valence-corrected chi connectivity index (χ2v) is 6.72. The van der Waals surface area contributed by atoms with Gasteiger partial charge in [0.25, 0.3) is 0 Å². The zero-order valence-corrected chi connectivity index (χ0v) is 15.7. The van der Waals surface area contributed by atoms with Gasteiger partial charge in [-0.1, -0.05) is 17.3 Å². The molecule has 0 bridgehead atoms. The maximum atomic E-state index is 12.8. The van der Waals surface area contributed by atoms with Crippen molar-refractivity contribution in [3.8, 4) is 22.8 Å². The maximum absolute atomic E-state index is 12.8. The molecule has 2 unspecified atom stereocenters. The Morgan fingerprint density at radius 1 is 1.29 bits per heavy atom. The first kappa shape index (κ1) is 18.0. The standard InChI is InChI=1S/C20H21N5O3/c1-14(25-12-17(22-23-25)15-6-5-9-21-10-15)20(26)24(2)11-16-13-27-18-7-3-4-8-19(18)28-16/h3-10,12,14,16H,11,13H2,1-2H3. The van der Waals surface area contributed by atoms with Crippen LogP contribution in [0, 0.1) is 0 Å². The highest BCUT2D eigenvalue weighted by Crippen LogP contribution is 2.31. The zero-order chi connectivity index (χ0) is 19.5. The predicted molar refractivity (Wildman–Crippen MR) is 102 cm³/mol. The number of benzene rings is 1. The Morgan fingerprint density at radius 2 is 2.11 bits per heavy atom. The summed E-state index contributed by atoms with van der Waals surface area (Å²) in [5.41, 5.74) is 1.53. The topological polar surface area (TPSA) is 82.4 Å². The van der Waals surface area contributed by atoms with Crippen LogP contribution in [-0.2, 0) is 4.79 Å². The number of carbonyl (C=O) groups excluding carboxylic acids is 1. The van der Waals surface area contributed by atoms with Crippen molar-refractivity contribution in [1.29, 1.82) is 0 Å². The van der Waals surface area contributed by atoms with Gasteiger partial charge >= 0.3 is 0 Å². The predicted octanol–water partition coefficient (Wildman–Crippen LogP) is 2.20. The van der Waals surface area contributed by atoms with Gasteiger partial charge in [-0.25, -0.2) is 4.68 Å². The summed E-state index contributed by atoms with van der Waals surface area (Å²) in [6, 6.07) is 10.8. The van der Waals surface area contributed by atoms with E-state index in [1.165, 1.54) is 0 Å². The molecule has 0 saturated carbocycles. The van der Waals surface area contributed by atoms with Gasteiger partial charge in [-0.3, -0.25) is 9.78 Å². The van der Waals surface area contributed by atoms with Gasteiger partial charge in [0.2, 0.25) is 5.91 Å². The number of amides is 1. The lowest BCUT2D eigenvalue weighted by molar-refractivity contribution is -0.134. The highest BCUT2D eigenvalue weighted by atomic mass is 16.6. The molecule has 2 aromatic heterocycles.